The van der Waals surface area contributed by atoms with Gasteiger partial charge < -0.3 is 15.2 Å². The molecule has 5 heterocycles. The molecule has 1 aliphatic heterocycles. The van der Waals surface area contributed by atoms with Gasteiger partial charge in [-0.05, 0) is 37.8 Å². The van der Waals surface area contributed by atoms with Gasteiger partial charge in [0.2, 0.25) is 11.9 Å². The van der Waals surface area contributed by atoms with Gasteiger partial charge in [-0.25, -0.2) is 14.5 Å². The maximum Gasteiger partial charge on any atom is 0.228 e. The number of anilines is 1. The Balaban J connectivity index is 1.18. The van der Waals surface area contributed by atoms with Gasteiger partial charge in [0.05, 0.1) is 11.1 Å². The standard InChI is InChI=1S/C22H24N8O/c1-22(20(31)29-7-2-3-8-29)10-14(11-22)26-21-25-13-16-15(12-24-19(16)27-21)17-4-5-18-23-6-9-30(18)28-17/h4-6,9,12-14H,2-3,7-8,10-11H2,1H3,(H2,24,25,26,27). The first kappa shape index (κ1) is 18.3. The highest BCUT2D eigenvalue weighted by atomic mass is 16.2. The average molecular weight is 416 g/mol. The van der Waals surface area contributed by atoms with E-state index in [0.29, 0.717) is 11.9 Å². The fourth-order valence-electron chi connectivity index (χ4n) is 4.94. The van der Waals surface area contributed by atoms with Crippen LogP contribution in [0.5, 0.6) is 0 Å². The first-order chi connectivity index (χ1) is 15.1. The minimum Gasteiger partial charge on any atom is -0.351 e. The number of carbonyl (C=O) groups is 1. The van der Waals surface area contributed by atoms with Gasteiger partial charge in [0.1, 0.15) is 5.65 Å². The van der Waals surface area contributed by atoms with E-state index in [9.17, 15) is 4.79 Å². The lowest BCUT2D eigenvalue weighted by Gasteiger charge is -2.45. The first-order valence-electron chi connectivity index (χ1n) is 10.8. The van der Waals surface area contributed by atoms with E-state index in [-0.39, 0.29) is 11.5 Å². The molecule has 2 N–H and O–H groups in total. The molecule has 0 bridgehead atoms. The average Bonchev–Trinajstić information content (AvgIpc) is 3.51. The van der Waals surface area contributed by atoms with Gasteiger partial charge in [-0.15, -0.1) is 0 Å². The van der Waals surface area contributed by atoms with Crippen LogP contribution in [0.3, 0.4) is 0 Å². The molecule has 9 heteroatoms. The number of aromatic nitrogens is 6. The van der Waals surface area contributed by atoms with Crippen molar-refractivity contribution >= 4 is 28.5 Å². The second-order valence-electron chi connectivity index (χ2n) is 8.92. The maximum atomic E-state index is 12.8. The van der Waals surface area contributed by atoms with Crippen molar-refractivity contribution in [3.63, 3.8) is 0 Å². The summed E-state index contributed by atoms with van der Waals surface area (Å²) in [5.41, 5.74) is 3.08. The highest BCUT2D eigenvalue weighted by Crippen LogP contribution is 2.44. The maximum absolute atomic E-state index is 12.8. The fraction of sp³-hybridized carbons (Fsp3) is 0.409. The van der Waals surface area contributed by atoms with E-state index in [4.69, 9.17) is 0 Å². The van der Waals surface area contributed by atoms with Gasteiger partial charge in [-0.2, -0.15) is 10.1 Å². The highest BCUT2D eigenvalue weighted by molar-refractivity contribution is 5.92. The molecule has 6 rings (SSSR count). The van der Waals surface area contributed by atoms with E-state index in [1.165, 1.54) is 0 Å². The van der Waals surface area contributed by atoms with Crippen molar-refractivity contribution in [2.75, 3.05) is 18.4 Å². The number of likely N-dealkylation sites (tertiary alicyclic amines) is 1. The number of nitrogens with one attached hydrogen (secondary N) is 2. The molecular weight excluding hydrogens is 392 g/mol. The lowest BCUT2D eigenvalue weighted by atomic mass is 9.66. The largest absolute Gasteiger partial charge is 0.351 e. The summed E-state index contributed by atoms with van der Waals surface area (Å²) in [7, 11) is 0. The quantitative estimate of drug-likeness (QED) is 0.530. The van der Waals surface area contributed by atoms with Gasteiger partial charge in [0.15, 0.2) is 5.65 Å². The molecule has 2 fully saturated rings. The number of H-pyrrole nitrogens is 1. The molecule has 4 aromatic rings. The Kier molecular flexibility index (Phi) is 3.99. The van der Waals surface area contributed by atoms with Crippen LogP contribution >= 0.6 is 0 Å². The zero-order chi connectivity index (χ0) is 21.0. The summed E-state index contributed by atoms with van der Waals surface area (Å²) in [5.74, 6) is 0.885. The van der Waals surface area contributed by atoms with Crippen LogP contribution in [0.2, 0.25) is 0 Å². The molecule has 1 saturated heterocycles. The normalized spacial score (nSPS) is 23.4. The second-order valence-corrected chi connectivity index (χ2v) is 8.92. The van der Waals surface area contributed by atoms with Gasteiger partial charge in [-0.1, -0.05) is 6.92 Å². The summed E-state index contributed by atoms with van der Waals surface area (Å²) < 4.78 is 1.75. The van der Waals surface area contributed by atoms with Crippen molar-refractivity contribution in [3.8, 4) is 11.3 Å². The highest BCUT2D eigenvalue weighted by Gasteiger charge is 2.48. The molecule has 1 amide bonds. The van der Waals surface area contributed by atoms with Crippen molar-refractivity contribution in [3.05, 3.63) is 36.9 Å². The van der Waals surface area contributed by atoms with E-state index >= 15 is 0 Å². The third-order valence-electron chi connectivity index (χ3n) is 6.60. The summed E-state index contributed by atoms with van der Waals surface area (Å²) in [4.78, 5) is 31.4. The van der Waals surface area contributed by atoms with Gasteiger partial charge in [0, 0.05) is 54.9 Å². The Morgan fingerprint density at radius 1 is 1.23 bits per heavy atom. The Morgan fingerprint density at radius 3 is 2.90 bits per heavy atom. The molecule has 158 valence electrons. The van der Waals surface area contributed by atoms with Crippen LogP contribution in [-0.4, -0.2) is 59.5 Å². The lowest BCUT2D eigenvalue weighted by Crippen LogP contribution is -2.53. The smallest absolute Gasteiger partial charge is 0.228 e. The van der Waals surface area contributed by atoms with Crippen molar-refractivity contribution in [1.29, 1.82) is 0 Å². The fourth-order valence-corrected chi connectivity index (χ4v) is 4.94. The Labute approximate surface area is 178 Å². The summed E-state index contributed by atoms with van der Waals surface area (Å²) in [6.45, 7) is 3.89. The van der Waals surface area contributed by atoms with Crippen LogP contribution in [0.4, 0.5) is 5.95 Å². The summed E-state index contributed by atoms with van der Waals surface area (Å²) >= 11 is 0. The third-order valence-corrected chi connectivity index (χ3v) is 6.60. The molecule has 0 unspecified atom stereocenters. The van der Waals surface area contributed by atoms with Crippen LogP contribution in [-0.2, 0) is 4.79 Å². The predicted octanol–water partition coefficient (Wildman–Crippen LogP) is 2.87. The predicted molar refractivity (Wildman–Crippen MR) is 116 cm³/mol. The van der Waals surface area contributed by atoms with Crippen molar-refractivity contribution < 1.29 is 4.79 Å². The summed E-state index contributed by atoms with van der Waals surface area (Å²) in [5, 5.41) is 8.93. The van der Waals surface area contributed by atoms with E-state index in [1.54, 1.807) is 10.7 Å². The zero-order valence-corrected chi connectivity index (χ0v) is 17.4. The lowest BCUT2D eigenvalue weighted by molar-refractivity contribution is -0.145. The number of rotatable bonds is 4. The van der Waals surface area contributed by atoms with Gasteiger partial charge in [-0.3, -0.25) is 4.79 Å². The monoisotopic (exact) mass is 416 g/mol. The van der Waals surface area contributed by atoms with Crippen LogP contribution < -0.4 is 5.32 Å². The van der Waals surface area contributed by atoms with Crippen molar-refractivity contribution in [1.82, 2.24) is 34.4 Å². The van der Waals surface area contributed by atoms with E-state index in [1.807, 2.05) is 35.6 Å². The van der Waals surface area contributed by atoms with Crippen molar-refractivity contribution in [2.45, 2.75) is 38.6 Å². The SMILES string of the molecule is CC1(C(=O)N2CCCC2)CC(Nc2ncc3c(-c4ccc5nccn5n4)c[nH]c3n2)C1. The first-order valence-corrected chi connectivity index (χ1v) is 10.8. The molecule has 31 heavy (non-hydrogen) atoms. The number of nitrogens with zero attached hydrogens (tertiary/aromatic N) is 6. The second kappa shape index (κ2) is 6.76. The molecule has 0 atom stereocenters. The summed E-state index contributed by atoms with van der Waals surface area (Å²) in [6, 6.07) is 4.10. The third kappa shape index (κ3) is 3.03. The van der Waals surface area contributed by atoms with Crippen LogP contribution in [0.1, 0.15) is 32.6 Å². The summed E-state index contributed by atoms with van der Waals surface area (Å²) in [6.07, 6.45) is 11.2. The number of fused-ring (bicyclic) bond motifs is 2. The van der Waals surface area contributed by atoms with E-state index < -0.39 is 0 Å². The molecule has 0 radical (unpaired) electrons. The molecular formula is C22H24N8O. The van der Waals surface area contributed by atoms with Crippen LogP contribution in [0.25, 0.3) is 27.9 Å². The molecule has 1 aliphatic carbocycles. The molecule has 9 nitrogen and oxygen atoms in total. The number of carbonyl (C=O) groups excluding carboxylic acids is 1. The molecule has 4 aromatic heterocycles. The number of hydrogen-bond donors (Lipinski definition) is 2. The molecule has 0 spiro atoms. The van der Waals surface area contributed by atoms with Gasteiger partial charge in [0.25, 0.3) is 0 Å². The zero-order valence-electron chi connectivity index (χ0n) is 17.4. The van der Waals surface area contributed by atoms with Crippen LogP contribution in [0, 0.1) is 5.41 Å². The number of amides is 1. The Hall–Kier alpha value is -3.49. The van der Waals surface area contributed by atoms with Crippen molar-refractivity contribution in [2.24, 2.45) is 5.41 Å². The van der Waals surface area contributed by atoms with Crippen LogP contribution in [0.15, 0.2) is 36.9 Å². The topological polar surface area (TPSA) is 104 Å². The number of hydrogen-bond acceptors (Lipinski definition) is 6. The van der Waals surface area contributed by atoms with Gasteiger partial charge >= 0.3 is 0 Å². The van der Waals surface area contributed by atoms with E-state index in [2.05, 4.69) is 37.3 Å². The minimum absolute atomic E-state index is 0.216. The Morgan fingerprint density at radius 2 is 2.06 bits per heavy atom. The van der Waals surface area contributed by atoms with E-state index in [0.717, 1.165) is 66.7 Å². The molecule has 0 aromatic carbocycles. The molecule has 2 aliphatic rings. The minimum atomic E-state index is -0.261. The number of imidazole rings is 1. The Bertz CT molecular complexity index is 1280. The number of aromatic amines is 1. The molecule has 1 saturated carbocycles.